The highest BCUT2D eigenvalue weighted by Gasteiger charge is 2.05. The Morgan fingerprint density at radius 3 is 2.59 bits per heavy atom. The summed E-state index contributed by atoms with van der Waals surface area (Å²) in [5, 5.41) is 1.58. The van der Waals surface area contributed by atoms with Crippen LogP contribution in [0.3, 0.4) is 0 Å². The maximum absolute atomic E-state index is 5.72. The molecule has 0 aliphatic carbocycles. The monoisotopic (exact) mass is 249 g/mol. The standard InChI is InChI=1S/C11H15N5S/c1-8(12)5-9-6-14-10(15-7-9)17-11-13-3-4-16(11)2/h3-4,6-8H,5,12H2,1-2H3. The highest BCUT2D eigenvalue weighted by atomic mass is 32.2. The number of imidazole rings is 1. The summed E-state index contributed by atoms with van der Waals surface area (Å²) in [6.07, 6.45) is 8.09. The summed E-state index contributed by atoms with van der Waals surface area (Å²) < 4.78 is 1.93. The fourth-order valence-electron chi connectivity index (χ4n) is 1.40. The van der Waals surface area contributed by atoms with Crippen molar-refractivity contribution >= 4 is 11.8 Å². The zero-order chi connectivity index (χ0) is 12.3. The van der Waals surface area contributed by atoms with E-state index in [9.17, 15) is 0 Å². The van der Waals surface area contributed by atoms with Crippen molar-refractivity contribution in [1.29, 1.82) is 0 Å². The van der Waals surface area contributed by atoms with E-state index in [1.165, 1.54) is 11.8 Å². The van der Waals surface area contributed by atoms with Crippen LogP contribution >= 0.6 is 11.8 Å². The van der Waals surface area contributed by atoms with Crippen LogP contribution in [-0.2, 0) is 13.5 Å². The van der Waals surface area contributed by atoms with E-state index in [0.717, 1.165) is 17.1 Å². The van der Waals surface area contributed by atoms with Gasteiger partial charge in [0.05, 0.1) is 0 Å². The Bertz CT molecular complexity index is 477. The largest absolute Gasteiger partial charge is 0.329 e. The number of nitrogens with zero attached hydrogens (tertiary/aromatic N) is 4. The van der Waals surface area contributed by atoms with E-state index in [1.807, 2.05) is 37.1 Å². The molecule has 0 radical (unpaired) electrons. The van der Waals surface area contributed by atoms with Gasteiger partial charge in [-0.3, -0.25) is 0 Å². The van der Waals surface area contributed by atoms with Crippen molar-refractivity contribution in [3.8, 4) is 0 Å². The summed E-state index contributed by atoms with van der Waals surface area (Å²) in [5.74, 6) is 0. The molecule has 0 bridgehead atoms. The van der Waals surface area contributed by atoms with Crippen LogP contribution in [0.25, 0.3) is 0 Å². The highest BCUT2D eigenvalue weighted by Crippen LogP contribution is 2.21. The molecule has 17 heavy (non-hydrogen) atoms. The molecular formula is C11H15N5S. The lowest BCUT2D eigenvalue weighted by atomic mass is 10.1. The molecule has 5 nitrogen and oxygen atoms in total. The average Bonchev–Trinajstić information content (AvgIpc) is 2.67. The van der Waals surface area contributed by atoms with Gasteiger partial charge in [0.1, 0.15) is 0 Å². The molecule has 2 aromatic heterocycles. The lowest BCUT2D eigenvalue weighted by Gasteiger charge is -2.04. The third-order valence-corrected chi connectivity index (χ3v) is 3.17. The van der Waals surface area contributed by atoms with Crippen LogP contribution in [0.4, 0.5) is 0 Å². The molecule has 0 saturated heterocycles. The Morgan fingerprint density at radius 1 is 1.35 bits per heavy atom. The van der Waals surface area contributed by atoms with Gasteiger partial charge in [-0.05, 0) is 30.7 Å². The fraction of sp³-hybridized carbons (Fsp3) is 0.364. The predicted molar refractivity (Wildman–Crippen MR) is 66.7 cm³/mol. The number of rotatable bonds is 4. The molecular weight excluding hydrogens is 234 g/mol. The number of nitrogens with two attached hydrogens (primary N) is 1. The molecule has 0 saturated carbocycles. The molecule has 90 valence electrons. The van der Waals surface area contributed by atoms with E-state index in [1.54, 1.807) is 6.20 Å². The van der Waals surface area contributed by atoms with Crippen molar-refractivity contribution in [3.05, 3.63) is 30.4 Å². The summed E-state index contributed by atoms with van der Waals surface area (Å²) in [6, 6.07) is 0.131. The maximum atomic E-state index is 5.72. The lowest BCUT2D eigenvalue weighted by Crippen LogP contribution is -2.18. The minimum Gasteiger partial charge on any atom is -0.329 e. The lowest BCUT2D eigenvalue weighted by molar-refractivity contribution is 0.726. The summed E-state index contributed by atoms with van der Waals surface area (Å²) in [5.41, 5.74) is 6.78. The predicted octanol–water partition coefficient (Wildman–Crippen LogP) is 1.25. The second kappa shape index (κ2) is 5.29. The van der Waals surface area contributed by atoms with Crippen molar-refractivity contribution in [2.24, 2.45) is 12.8 Å². The first-order valence-electron chi connectivity index (χ1n) is 5.37. The molecule has 0 amide bonds. The second-order valence-corrected chi connectivity index (χ2v) is 4.91. The van der Waals surface area contributed by atoms with Gasteiger partial charge >= 0.3 is 0 Å². The van der Waals surface area contributed by atoms with Crippen LogP contribution in [0.15, 0.2) is 35.1 Å². The first-order valence-corrected chi connectivity index (χ1v) is 6.18. The average molecular weight is 249 g/mol. The maximum Gasteiger partial charge on any atom is 0.195 e. The van der Waals surface area contributed by atoms with E-state index in [4.69, 9.17) is 5.73 Å². The minimum atomic E-state index is 0.131. The zero-order valence-electron chi connectivity index (χ0n) is 9.87. The summed E-state index contributed by atoms with van der Waals surface area (Å²) >= 11 is 1.45. The Balaban J connectivity index is 2.06. The molecule has 0 spiro atoms. The molecule has 0 aromatic carbocycles. The van der Waals surface area contributed by atoms with Gasteiger partial charge in [-0.15, -0.1) is 0 Å². The Labute approximate surface area is 104 Å². The Hall–Kier alpha value is -1.40. The minimum absolute atomic E-state index is 0.131. The molecule has 2 heterocycles. The molecule has 6 heteroatoms. The van der Waals surface area contributed by atoms with Gasteiger partial charge in [0.25, 0.3) is 0 Å². The van der Waals surface area contributed by atoms with Crippen LogP contribution in [0.5, 0.6) is 0 Å². The van der Waals surface area contributed by atoms with Gasteiger partial charge in [0.2, 0.25) is 0 Å². The van der Waals surface area contributed by atoms with Crippen LogP contribution < -0.4 is 5.73 Å². The van der Waals surface area contributed by atoms with Gasteiger partial charge in [-0.2, -0.15) is 0 Å². The van der Waals surface area contributed by atoms with Gasteiger partial charge in [-0.1, -0.05) is 0 Å². The number of hydrogen-bond donors (Lipinski definition) is 1. The second-order valence-electron chi connectivity index (χ2n) is 3.98. The Kier molecular flexibility index (Phi) is 3.75. The first-order chi connectivity index (χ1) is 8.15. The topological polar surface area (TPSA) is 69.6 Å². The molecule has 1 unspecified atom stereocenters. The van der Waals surface area contributed by atoms with Crippen molar-refractivity contribution < 1.29 is 0 Å². The third kappa shape index (κ3) is 3.28. The smallest absolute Gasteiger partial charge is 0.195 e. The number of aryl methyl sites for hydroxylation is 1. The van der Waals surface area contributed by atoms with Crippen molar-refractivity contribution in [3.63, 3.8) is 0 Å². The van der Waals surface area contributed by atoms with Crippen molar-refractivity contribution in [2.75, 3.05) is 0 Å². The van der Waals surface area contributed by atoms with Crippen LogP contribution in [0, 0.1) is 0 Å². The van der Waals surface area contributed by atoms with Gasteiger partial charge in [-0.25, -0.2) is 15.0 Å². The molecule has 1 atom stereocenters. The van der Waals surface area contributed by atoms with Crippen molar-refractivity contribution in [1.82, 2.24) is 19.5 Å². The highest BCUT2D eigenvalue weighted by molar-refractivity contribution is 7.99. The van der Waals surface area contributed by atoms with Gasteiger partial charge in [0, 0.05) is 37.9 Å². The summed E-state index contributed by atoms with van der Waals surface area (Å²) in [6.45, 7) is 1.97. The third-order valence-electron chi connectivity index (χ3n) is 2.20. The SMILES string of the molecule is CC(N)Cc1cnc(Sc2nccn2C)nc1. The zero-order valence-corrected chi connectivity index (χ0v) is 10.7. The summed E-state index contributed by atoms with van der Waals surface area (Å²) in [7, 11) is 1.94. The van der Waals surface area contributed by atoms with Gasteiger partial charge in [0.15, 0.2) is 10.3 Å². The normalized spacial score (nSPS) is 12.6. The quantitative estimate of drug-likeness (QED) is 0.826. The molecule has 2 aromatic rings. The van der Waals surface area contributed by atoms with E-state index < -0.39 is 0 Å². The van der Waals surface area contributed by atoms with Crippen LogP contribution in [0.2, 0.25) is 0 Å². The summed E-state index contributed by atoms with van der Waals surface area (Å²) in [4.78, 5) is 12.8. The molecule has 0 aliphatic rings. The van der Waals surface area contributed by atoms with E-state index in [2.05, 4.69) is 15.0 Å². The molecule has 2 rings (SSSR count). The van der Waals surface area contributed by atoms with E-state index in [0.29, 0.717) is 5.16 Å². The van der Waals surface area contributed by atoms with Crippen LogP contribution in [-0.4, -0.2) is 25.6 Å². The van der Waals surface area contributed by atoms with E-state index >= 15 is 0 Å². The fourth-order valence-corrected chi connectivity index (χ4v) is 2.10. The molecule has 0 fully saturated rings. The first kappa shape index (κ1) is 12.1. The van der Waals surface area contributed by atoms with Crippen LogP contribution in [0.1, 0.15) is 12.5 Å². The number of hydrogen-bond acceptors (Lipinski definition) is 5. The Morgan fingerprint density at radius 2 is 2.06 bits per heavy atom. The van der Waals surface area contributed by atoms with E-state index in [-0.39, 0.29) is 6.04 Å². The van der Waals surface area contributed by atoms with Crippen molar-refractivity contribution in [2.45, 2.75) is 29.7 Å². The molecule has 0 aliphatic heterocycles. The number of aromatic nitrogens is 4. The molecule has 2 N–H and O–H groups in total. The van der Waals surface area contributed by atoms with Gasteiger partial charge < -0.3 is 10.3 Å².